The van der Waals surface area contributed by atoms with Crippen molar-refractivity contribution in [2.24, 2.45) is 5.92 Å². The molecular formula is C13H20F2N4O2. The summed E-state index contributed by atoms with van der Waals surface area (Å²) in [5.74, 6) is -2.84. The van der Waals surface area contributed by atoms with Gasteiger partial charge >= 0.3 is 6.03 Å². The van der Waals surface area contributed by atoms with Crippen molar-refractivity contribution in [3.8, 4) is 0 Å². The van der Waals surface area contributed by atoms with Crippen LogP contribution < -0.4 is 5.32 Å². The molecule has 0 aromatic carbocycles. The second kappa shape index (κ2) is 6.84. The van der Waals surface area contributed by atoms with Gasteiger partial charge in [-0.25, -0.2) is 13.6 Å². The fraction of sp³-hybridized carbons (Fsp3) is 0.692. The molecule has 6 nitrogen and oxygen atoms in total. The molecule has 1 saturated heterocycles. The standard InChI is InChI=1S/C13H20F2N4O2/c1-11(8-19-4-2-3-17-19)7-16-12(20)18-5-6-21-10-13(14,15)9-18/h2-4,11H,5-10H2,1H3,(H,16,20)/t11-/m1/s1. The molecule has 0 radical (unpaired) electrons. The molecule has 1 N–H and O–H groups in total. The summed E-state index contributed by atoms with van der Waals surface area (Å²) in [6, 6.07) is 1.34. The Kier molecular flexibility index (Phi) is 5.11. The molecule has 118 valence electrons. The van der Waals surface area contributed by atoms with Crippen LogP contribution in [0, 0.1) is 5.92 Å². The molecule has 0 bridgehead atoms. The number of rotatable bonds is 4. The van der Waals surface area contributed by atoms with E-state index in [1.807, 2.05) is 19.2 Å². The van der Waals surface area contributed by atoms with Gasteiger partial charge in [-0.3, -0.25) is 4.68 Å². The van der Waals surface area contributed by atoms with E-state index in [-0.39, 0.29) is 19.1 Å². The lowest BCUT2D eigenvalue weighted by molar-refractivity contribution is -0.0652. The fourth-order valence-corrected chi connectivity index (χ4v) is 2.14. The maximum absolute atomic E-state index is 13.4. The zero-order valence-corrected chi connectivity index (χ0v) is 12.0. The van der Waals surface area contributed by atoms with Gasteiger partial charge in [-0.15, -0.1) is 0 Å². The summed E-state index contributed by atoms with van der Waals surface area (Å²) in [6.45, 7) is 2.09. The average Bonchev–Trinajstić information content (AvgIpc) is 2.85. The molecule has 8 heteroatoms. The highest BCUT2D eigenvalue weighted by Gasteiger charge is 2.36. The first-order chi connectivity index (χ1) is 9.96. The second-order valence-corrected chi connectivity index (χ2v) is 5.35. The van der Waals surface area contributed by atoms with Crippen molar-refractivity contribution in [1.82, 2.24) is 20.0 Å². The predicted molar refractivity (Wildman–Crippen MR) is 72.1 cm³/mol. The number of halogens is 2. The van der Waals surface area contributed by atoms with E-state index in [1.54, 1.807) is 10.9 Å². The molecular weight excluding hydrogens is 282 g/mol. The zero-order chi connectivity index (χ0) is 15.3. The molecule has 2 rings (SSSR count). The van der Waals surface area contributed by atoms with Gasteiger partial charge in [0.15, 0.2) is 0 Å². The lowest BCUT2D eigenvalue weighted by atomic mass is 10.2. The Morgan fingerprint density at radius 3 is 3.10 bits per heavy atom. The normalized spacial score (nSPS) is 19.9. The molecule has 0 aliphatic carbocycles. The molecule has 1 aliphatic rings. The van der Waals surface area contributed by atoms with Gasteiger partial charge in [-0.05, 0) is 12.0 Å². The summed E-state index contributed by atoms with van der Waals surface area (Å²) in [5.41, 5.74) is 0. The van der Waals surface area contributed by atoms with Crippen molar-refractivity contribution in [1.29, 1.82) is 0 Å². The number of urea groups is 1. The van der Waals surface area contributed by atoms with Crippen molar-refractivity contribution >= 4 is 6.03 Å². The minimum absolute atomic E-state index is 0.131. The third-order valence-electron chi connectivity index (χ3n) is 3.19. The number of aromatic nitrogens is 2. The van der Waals surface area contributed by atoms with Crippen molar-refractivity contribution in [3.63, 3.8) is 0 Å². The van der Waals surface area contributed by atoms with Gasteiger partial charge in [0.1, 0.15) is 6.61 Å². The van der Waals surface area contributed by atoms with E-state index in [4.69, 9.17) is 4.74 Å². The number of ether oxygens (including phenoxy) is 1. The van der Waals surface area contributed by atoms with Crippen LogP contribution in [0.15, 0.2) is 18.5 Å². The number of nitrogens with one attached hydrogen (secondary N) is 1. The molecule has 1 atom stereocenters. The number of hydrogen-bond donors (Lipinski definition) is 1. The predicted octanol–water partition coefficient (Wildman–Crippen LogP) is 1.20. The lowest BCUT2D eigenvalue weighted by Crippen LogP contribution is -2.47. The zero-order valence-electron chi connectivity index (χ0n) is 12.0. The molecule has 0 unspecified atom stereocenters. The van der Waals surface area contributed by atoms with E-state index in [1.165, 1.54) is 0 Å². The van der Waals surface area contributed by atoms with Crippen LogP contribution in [-0.2, 0) is 11.3 Å². The Labute approximate surface area is 122 Å². The quantitative estimate of drug-likeness (QED) is 0.909. The minimum Gasteiger partial charge on any atom is -0.373 e. The van der Waals surface area contributed by atoms with Gasteiger partial charge in [0.05, 0.1) is 13.2 Å². The van der Waals surface area contributed by atoms with Crippen LogP contribution in [0.2, 0.25) is 0 Å². The van der Waals surface area contributed by atoms with Crippen LogP contribution in [-0.4, -0.2) is 59.5 Å². The SMILES string of the molecule is C[C@H](CNC(=O)N1CCOCC(F)(F)C1)Cn1cccn1. The van der Waals surface area contributed by atoms with Crippen LogP contribution in [0.4, 0.5) is 13.6 Å². The molecule has 2 amide bonds. The minimum atomic E-state index is -2.99. The van der Waals surface area contributed by atoms with Gasteiger partial charge in [0.2, 0.25) is 0 Å². The highest BCUT2D eigenvalue weighted by molar-refractivity contribution is 5.74. The summed E-state index contributed by atoms with van der Waals surface area (Å²) >= 11 is 0. The number of nitrogens with zero attached hydrogens (tertiary/aromatic N) is 3. The van der Waals surface area contributed by atoms with Crippen LogP contribution in [0.5, 0.6) is 0 Å². The molecule has 2 heterocycles. The first kappa shape index (κ1) is 15.7. The molecule has 1 aromatic rings. The van der Waals surface area contributed by atoms with Gasteiger partial charge < -0.3 is 15.0 Å². The molecule has 1 fully saturated rings. The van der Waals surface area contributed by atoms with Crippen LogP contribution >= 0.6 is 0 Å². The number of carbonyl (C=O) groups excluding carboxylic acids is 1. The molecule has 1 aromatic heterocycles. The van der Waals surface area contributed by atoms with E-state index in [0.717, 1.165) is 4.90 Å². The monoisotopic (exact) mass is 302 g/mol. The average molecular weight is 302 g/mol. The number of hydrogen-bond acceptors (Lipinski definition) is 3. The number of carbonyl (C=O) groups is 1. The highest BCUT2D eigenvalue weighted by Crippen LogP contribution is 2.18. The maximum atomic E-state index is 13.4. The first-order valence-corrected chi connectivity index (χ1v) is 6.92. The summed E-state index contributed by atoms with van der Waals surface area (Å²) < 4.78 is 33.3. The maximum Gasteiger partial charge on any atom is 0.317 e. The van der Waals surface area contributed by atoms with Crippen LogP contribution in [0.25, 0.3) is 0 Å². The van der Waals surface area contributed by atoms with Crippen LogP contribution in [0.3, 0.4) is 0 Å². The van der Waals surface area contributed by atoms with Crippen molar-refractivity contribution in [2.75, 3.05) is 32.8 Å². The van der Waals surface area contributed by atoms with E-state index < -0.39 is 25.1 Å². The Hall–Kier alpha value is -1.70. The fourth-order valence-electron chi connectivity index (χ4n) is 2.14. The Morgan fingerprint density at radius 1 is 1.57 bits per heavy atom. The largest absolute Gasteiger partial charge is 0.373 e. The van der Waals surface area contributed by atoms with Gasteiger partial charge in [-0.1, -0.05) is 6.92 Å². The second-order valence-electron chi connectivity index (χ2n) is 5.35. The van der Waals surface area contributed by atoms with E-state index in [9.17, 15) is 13.6 Å². The number of amides is 2. The van der Waals surface area contributed by atoms with Gasteiger partial charge in [0, 0.05) is 32.0 Å². The highest BCUT2D eigenvalue weighted by atomic mass is 19.3. The molecule has 21 heavy (non-hydrogen) atoms. The third-order valence-corrected chi connectivity index (χ3v) is 3.19. The molecule has 0 saturated carbocycles. The van der Waals surface area contributed by atoms with Crippen molar-refractivity contribution < 1.29 is 18.3 Å². The van der Waals surface area contributed by atoms with E-state index >= 15 is 0 Å². The molecule has 0 spiro atoms. The van der Waals surface area contributed by atoms with Crippen LogP contribution in [0.1, 0.15) is 6.92 Å². The van der Waals surface area contributed by atoms with E-state index in [0.29, 0.717) is 13.1 Å². The van der Waals surface area contributed by atoms with Crippen molar-refractivity contribution in [3.05, 3.63) is 18.5 Å². The summed E-state index contributed by atoms with van der Waals surface area (Å²) in [5, 5.41) is 6.77. The molecule has 1 aliphatic heterocycles. The van der Waals surface area contributed by atoms with Crippen molar-refractivity contribution in [2.45, 2.75) is 19.4 Å². The topological polar surface area (TPSA) is 59.4 Å². The Balaban J connectivity index is 1.78. The first-order valence-electron chi connectivity index (χ1n) is 6.92. The smallest absolute Gasteiger partial charge is 0.317 e. The Bertz CT molecular complexity index is 453. The Morgan fingerprint density at radius 2 is 2.38 bits per heavy atom. The van der Waals surface area contributed by atoms with Gasteiger partial charge in [0.25, 0.3) is 5.92 Å². The van der Waals surface area contributed by atoms with Gasteiger partial charge in [-0.2, -0.15) is 5.10 Å². The summed E-state index contributed by atoms with van der Waals surface area (Å²) in [4.78, 5) is 13.1. The lowest BCUT2D eigenvalue weighted by Gasteiger charge is -2.24. The summed E-state index contributed by atoms with van der Waals surface area (Å²) in [7, 11) is 0. The third kappa shape index (κ3) is 4.96. The summed E-state index contributed by atoms with van der Waals surface area (Å²) in [6.07, 6.45) is 3.52. The van der Waals surface area contributed by atoms with E-state index in [2.05, 4.69) is 10.4 Å². The number of alkyl halides is 2.